The van der Waals surface area contributed by atoms with Crippen LogP contribution in [0.15, 0.2) is 6.07 Å². The van der Waals surface area contributed by atoms with Gasteiger partial charge in [0, 0.05) is 20.2 Å². The normalized spacial score (nSPS) is 12.5. The number of rotatable bonds is 4. The van der Waals surface area contributed by atoms with Crippen LogP contribution in [0.3, 0.4) is 0 Å². The highest BCUT2D eigenvalue weighted by molar-refractivity contribution is 5.94. The van der Waals surface area contributed by atoms with E-state index in [1.165, 1.54) is 7.11 Å². The lowest BCUT2D eigenvalue weighted by Gasteiger charge is -2.10. The molecule has 1 aromatic heterocycles. The highest BCUT2D eigenvalue weighted by Crippen LogP contribution is 2.07. The molecule has 1 atom stereocenters. The number of ether oxygens (including phenoxy) is 1. The molecule has 0 aromatic carbocycles. The fraction of sp³-hybridized carbons (Fsp3) is 0.556. The van der Waals surface area contributed by atoms with Gasteiger partial charge in [-0.1, -0.05) is 0 Å². The molecule has 6 nitrogen and oxygen atoms in total. The molecule has 84 valence electrons. The second-order valence-electron chi connectivity index (χ2n) is 3.35. The molecule has 6 heteroatoms. The van der Waals surface area contributed by atoms with Gasteiger partial charge in [0.1, 0.15) is 11.9 Å². The monoisotopic (exact) mass is 212 g/mol. The molecule has 0 saturated heterocycles. The third-order valence-corrected chi connectivity index (χ3v) is 1.94. The fourth-order valence-corrected chi connectivity index (χ4v) is 1.20. The third-order valence-electron chi connectivity index (χ3n) is 1.94. The molecule has 0 radical (unpaired) electrons. The Kier molecular flexibility index (Phi) is 3.81. The Morgan fingerprint density at radius 1 is 1.80 bits per heavy atom. The van der Waals surface area contributed by atoms with E-state index in [1.807, 2.05) is 6.92 Å². The molecule has 1 unspecified atom stereocenters. The molecule has 0 aliphatic rings. The lowest BCUT2D eigenvalue weighted by atomic mass is 10.3. The van der Waals surface area contributed by atoms with Crippen molar-refractivity contribution in [2.45, 2.75) is 13.0 Å². The van der Waals surface area contributed by atoms with Gasteiger partial charge in [0.15, 0.2) is 0 Å². The Labute approximate surface area is 88.4 Å². The number of anilines is 1. The predicted molar refractivity (Wildman–Crippen MR) is 56.4 cm³/mol. The lowest BCUT2D eigenvalue weighted by molar-refractivity contribution is -0.118. The molecule has 0 bridgehead atoms. The van der Waals surface area contributed by atoms with E-state index < -0.39 is 6.04 Å². The van der Waals surface area contributed by atoms with Crippen LogP contribution in [-0.4, -0.2) is 35.4 Å². The predicted octanol–water partition coefficient (Wildman–Crippen LogP) is -0.359. The molecular weight excluding hydrogens is 196 g/mol. The van der Waals surface area contributed by atoms with E-state index in [1.54, 1.807) is 17.8 Å². The van der Waals surface area contributed by atoms with E-state index in [0.29, 0.717) is 5.82 Å². The molecule has 15 heavy (non-hydrogen) atoms. The molecular formula is C9H16N4O2. The first kappa shape index (κ1) is 11.7. The largest absolute Gasteiger partial charge is 0.383 e. The molecule has 1 amide bonds. The maximum absolute atomic E-state index is 11.5. The molecule has 1 rings (SSSR count). The molecule has 0 aliphatic heterocycles. The summed E-state index contributed by atoms with van der Waals surface area (Å²) in [4.78, 5) is 11.5. The maximum atomic E-state index is 11.5. The third kappa shape index (κ3) is 3.03. The van der Waals surface area contributed by atoms with Crippen LogP contribution in [0.25, 0.3) is 0 Å². The van der Waals surface area contributed by atoms with Crippen LogP contribution in [0.2, 0.25) is 0 Å². The number of carbonyl (C=O) groups excluding carboxylic acids is 1. The van der Waals surface area contributed by atoms with Gasteiger partial charge in [-0.15, -0.1) is 0 Å². The summed E-state index contributed by atoms with van der Waals surface area (Å²) < 4.78 is 6.38. The second-order valence-corrected chi connectivity index (χ2v) is 3.35. The molecule has 1 heterocycles. The SMILES string of the molecule is COCC(N)C(=O)Nc1cc(C)nn1C. The van der Waals surface area contributed by atoms with Gasteiger partial charge in [-0.25, -0.2) is 0 Å². The first-order chi connectivity index (χ1) is 7.04. The van der Waals surface area contributed by atoms with Gasteiger partial charge < -0.3 is 15.8 Å². The van der Waals surface area contributed by atoms with Gasteiger partial charge in [0.25, 0.3) is 0 Å². The number of hydrogen-bond donors (Lipinski definition) is 2. The zero-order valence-electron chi connectivity index (χ0n) is 9.15. The zero-order chi connectivity index (χ0) is 11.4. The smallest absolute Gasteiger partial charge is 0.244 e. The van der Waals surface area contributed by atoms with E-state index in [9.17, 15) is 4.79 Å². The van der Waals surface area contributed by atoms with Gasteiger partial charge in [0.05, 0.1) is 12.3 Å². The summed E-state index contributed by atoms with van der Waals surface area (Å²) in [5.41, 5.74) is 6.41. The van der Waals surface area contributed by atoms with Gasteiger partial charge in [-0.05, 0) is 6.92 Å². The maximum Gasteiger partial charge on any atom is 0.244 e. The van der Waals surface area contributed by atoms with Crippen LogP contribution >= 0.6 is 0 Å². The average molecular weight is 212 g/mol. The summed E-state index contributed by atoms with van der Waals surface area (Å²) in [5, 5.41) is 6.77. The topological polar surface area (TPSA) is 82.2 Å². The average Bonchev–Trinajstić information content (AvgIpc) is 2.45. The van der Waals surface area contributed by atoms with Crippen molar-refractivity contribution in [3.05, 3.63) is 11.8 Å². The van der Waals surface area contributed by atoms with Crippen molar-refractivity contribution in [2.75, 3.05) is 19.0 Å². The van der Waals surface area contributed by atoms with E-state index >= 15 is 0 Å². The highest BCUT2D eigenvalue weighted by atomic mass is 16.5. The second kappa shape index (κ2) is 4.90. The van der Waals surface area contributed by atoms with Crippen molar-refractivity contribution in [1.82, 2.24) is 9.78 Å². The number of carbonyl (C=O) groups is 1. The van der Waals surface area contributed by atoms with Crippen LogP contribution in [-0.2, 0) is 16.6 Å². The molecule has 0 spiro atoms. The van der Waals surface area contributed by atoms with E-state index in [2.05, 4.69) is 10.4 Å². The van der Waals surface area contributed by atoms with Gasteiger partial charge in [-0.2, -0.15) is 5.10 Å². The fourth-order valence-electron chi connectivity index (χ4n) is 1.20. The van der Waals surface area contributed by atoms with Crippen LogP contribution in [0.5, 0.6) is 0 Å². The molecule has 0 saturated carbocycles. The van der Waals surface area contributed by atoms with Gasteiger partial charge in [0.2, 0.25) is 5.91 Å². The van der Waals surface area contributed by atoms with Crippen molar-refractivity contribution >= 4 is 11.7 Å². The number of aryl methyl sites for hydroxylation is 2. The minimum Gasteiger partial charge on any atom is -0.383 e. The van der Waals surface area contributed by atoms with E-state index in [0.717, 1.165) is 5.69 Å². The van der Waals surface area contributed by atoms with Crippen LogP contribution in [0.1, 0.15) is 5.69 Å². The lowest BCUT2D eigenvalue weighted by Crippen LogP contribution is -2.39. The van der Waals surface area contributed by atoms with E-state index in [-0.39, 0.29) is 12.5 Å². The first-order valence-electron chi connectivity index (χ1n) is 4.60. The number of hydrogen-bond acceptors (Lipinski definition) is 4. The van der Waals surface area contributed by atoms with Gasteiger partial charge in [-0.3, -0.25) is 9.48 Å². The summed E-state index contributed by atoms with van der Waals surface area (Å²) in [5.74, 6) is 0.351. The quantitative estimate of drug-likeness (QED) is 0.714. The summed E-state index contributed by atoms with van der Waals surface area (Å²) in [6.45, 7) is 2.05. The summed E-state index contributed by atoms with van der Waals surface area (Å²) in [6, 6.07) is 1.11. The first-order valence-corrected chi connectivity index (χ1v) is 4.60. The van der Waals surface area contributed by atoms with Crippen molar-refractivity contribution in [2.24, 2.45) is 12.8 Å². The number of nitrogens with two attached hydrogens (primary N) is 1. The molecule has 0 fully saturated rings. The molecule has 1 aromatic rings. The Balaban J connectivity index is 2.62. The summed E-state index contributed by atoms with van der Waals surface area (Å²) >= 11 is 0. The Morgan fingerprint density at radius 2 is 2.47 bits per heavy atom. The van der Waals surface area contributed by atoms with Crippen molar-refractivity contribution in [3.63, 3.8) is 0 Å². The van der Waals surface area contributed by atoms with Crippen molar-refractivity contribution in [3.8, 4) is 0 Å². The standard InChI is InChI=1S/C9H16N4O2/c1-6-4-8(13(2)12-6)11-9(14)7(10)5-15-3/h4,7H,5,10H2,1-3H3,(H,11,14). The number of amides is 1. The number of nitrogens with zero attached hydrogens (tertiary/aromatic N) is 2. The van der Waals surface area contributed by atoms with Gasteiger partial charge >= 0.3 is 0 Å². The van der Waals surface area contributed by atoms with Crippen LogP contribution < -0.4 is 11.1 Å². The number of nitrogens with one attached hydrogen (secondary N) is 1. The highest BCUT2D eigenvalue weighted by Gasteiger charge is 2.14. The van der Waals surface area contributed by atoms with Crippen molar-refractivity contribution < 1.29 is 9.53 Å². The Morgan fingerprint density at radius 3 is 2.93 bits per heavy atom. The summed E-state index contributed by atoms with van der Waals surface area (Å²) in [7, 11) is 3.26. The zero-order valence-corrected chi connectivity index (χ0v) is 9.15. The minimum absolute atomic E-state index is 0.197. The Bertz CT molecular complexity index is 348. The molecule has 0 aliphatic carbocycles. The number of aromatic nitrogens is 2. The van der Waals surface area contributed by atoms with Crippen molar-refractivity contribution in [1.29, 1.82) is 0 Å². The Hall–Kier alpha value is -1.40. The van der Waals surface area contributed by atoms with E-state index in [4.69, 9.17) is 10.5 Å². The summed E-state index contributed by atoms with van der Waals surface area (Å²) in [6.07, 6.45) is 0. The van der Waals surface area contributed by atoms with Crippen LogP contribution in [0, 0.1) is 6.92 Å². The minimum atomic E-state index is -0.662. The van der Waals surface area contributed by atoms with Crippen LogP contribution in [0.4, 0.5) is 5.82 Å². The molecule has 3 N–H and O–H groups in total. The number of methoxy groups -OCH3 is 1.